The molecule has 0 saturated heterocycles. The minimum absolute atomic E-state index is 0.533. The van der Waals surface area contributed by atoms with Crippen molar-refractivity contribution in [3.8, 4) is 0 Å². The predicted molar refractivity (Wildman–Crippen MR) is 71.2 cm³/mol. The second kappa shape index (κ2) is 8.16. The van der Waals surface area contributed by atoms with Crippen LogP contribution in [0, 0.1) is 0 Å². The van der Waals surface area contributed by atoms with Crippen molar-refractivity contribution < 1.29 is 67.2 Å². The Kier molecular flexibility index (Phi) is 7.57. The summed E-state index contributed by atoms with van der Waals surface area (Å²) in [5.74, 6) is -17.5. The number of rotatable bonds is 9. The molecule has 0 rings (SSSR count). The quantitative estimate of drug-likeness (QED) is 0.179. The molecule has 0 aliphatic rings. The summed E-state index contributed by atoms with van der Waals surface area (Å²) in [6, 6.07) is 0. The van der Waals surface area contributed by atoms with Crippen LogP contribution in [0.15, 0.2) is 12.4 Å². The van der Waals surface area contributed by atoms with Crippen LogP contribution in [-0.4, -0.2) is 61.6 Å². The van der Waals surface area contributed by atoms with Crippen LogP contribution in [0.4, 0.5) is 35.1 Å². The number of nitrogens with one attached hydrogen (secondary N) is 1. The molecule has 0 aromatic heterocycles. The van der Waals surface area contributed by atoms with Crippen molar-refractivity contribution in [3.63, 3.8) is 0 Å². The monoisotopic (exact) mass is 453 g/mol. The Morgan fingerprint density at radius 2 is 1.57 bits per heavy atom. The van der Waals surface area contributed by atoms with Crippen molar-refractivity contribution in [2.24, 2.45) is 0 Å². The molecule has 0 aromatic carbocycles. The van der Waals surface area contributed by atoms with Gasteiger partial charge in [0.2, 0.25) is 5.83 Å². The van der Waals surface area contributed by atoms with Crippen LogP contribution in [0.2, 0.25) is 0 Å². The number of carbonyl (C=O) groups excluding carboxylic acids is 2. The lowest BCUT2D eigenvalue weighted by molar-refractivity contribution is -0.349. The highest BCUT2D eigenvalue weighted by Crippen LogP contribution is 2.42. The first-order chi connectivity index (χ1) is 12.3. The fourth-order valence-corrected chi connectivity index (χ4v) is 1.90. The fraction of sp³-hybridized carbons (Fsp3) is 0.636. The highest BCUT2D eigenvalue weighted by Gasteiger charge is 2.68. The predicted octanol–water partition coefficient (Wildman–Crippen LogP) is 1.54. The van der Waals surface area contributed by atoms with E-state index >= 15 is 0 Å². The number of ether oxygens (including phenoxy) is 2. The summed E-state index contributed by atoms with van der Waals surface area (Å²) in [7, 11) is -6.16. The van der Waals surface area contributed by atoms with Crippen LogP contribution in [0.5, 0.6) is 0 Å². The molecule has 1 amide bonds. The maximum absolute atomic E-state index is 13.3. The molecule has 0 fully saturated rings. The third-order valence-corrected chi connectivity index (χ3v) is 3.77. The van der Waals surface area contributed by atoms with Crippen LogP contribution < -0.4 is 5.32 Å². The molecule has 0 bridgehead atoms. The molecule has 28 heavy (non-hydrogen) atoms. The van der Waals surface area contributed by atoms with Gasteiger partial charge in [0.05, 0.1) is 6.61 Å². The minimum Gasteiger partial charge on any atom is -0.410 e. The first-order valence-electron chi connectivity index (χ1n) is 6.50. The second-order valence-electron chi connectivity index (χ2n) is 4.78. The van der Waals surface area contributed by atoms with Crippen molar-refractivity contribution in [1.82, 2.24) is 5.32 Å². The van der Waals surface area contributed by atoms with Crippen LogP contribution in [0.25, 0.3) is 0 Å². The molecule has 164 valence electrons. The lowest BCUT2D eigenvalue weighted by Gasteiger charge is -2.33. The lowest BCUT2D eigenvalue weighted by atomic mass is 10.2. The van der Waals surface area contributed by atoms with Gasteiger partial charge in [-0.05, 0) is 0 Å². The van der Waals surface area contributed by atoms with Gasteiger partial charge in [0.1, 0.15) is 0 Å². The Labute approximate surface area is 151 Å². The Morgan fingerprint density at radius 1 is 1.11 bits per heavy atom. The van der Waals surface area contributed by atoms with Gasteiger partial charge < -0.3 is 14.8 Å². The van der Waals surface area contributed by atoms with Crippen LogP contribution >= 0.6 is 0 Å². The Morgan fingerprint density at radius 3 is 1.89 bits per heavy atom. The standard InChI is InChI=1S/C11H11F8NO7S/c1-5(12)6(21)27-9(7(22)20-2,10(15,16)17)26-4-3-8(13,14)11(18,19)28(23,24)25/h1,3-4H2,2H3,(H,20,22)(H,23,24,25). The van der Waals surface area contributed by atoms with E-state index in [1.807, 2.05) is 0 Å². The van der Waals surface area contributed by atoms with E-state index in [4.69, 9.17) is 4.55 Å². The summed E-state index contributed by atoms with van der Waals surface area (Å²) in [5, 5.41) is -4.86. The van der Waals surface area contributed by atoms with E-state index in [-0.39, 0.29) is 0 Å². The van der Waals surface area contributed by atoms with Gasteiger partial charge in [0.25, 0.3) is 0 Å². The number of amides is 1. The molecule has 17 heteroatoms. The molecule has 8 nitrogen and oxygen atoms in total. The van der Waals surface area contributed by atoms with Crippen LogP contribution in [0.3, 0.4) is 0 Å². The molecule has 1 unspecified atom stereocenters. The first-order valence-corrected chi connectivity index (χ1v) is 7.94. The summed E-state index contributed by atoms with van der Waals surface area (Å²) >= 11 is 0. The third kappa shape index (κ3) is 5.07. The molecule has 0 aromatic rings. The van der Waals surface area contributed by atoms with E-state index in [0.717, 1.165) is 0 Å². The van der Waals surface area contributed by atoms with Crippen molar-refractivity contribution in [2.75, 3.05) is 13.7 Å². The second-order valence-corrected chi connectivity index (χ2v) is 6.25. The van der Waals surface area contributed by atoms with Crippen LogP contribution in [-0.2, 0) is 29.2 Å². The molecular formula is C11H11F8NO7S. The van der Waals surface area contributed by atoms with Crippen molar-refractivity contribution in [3.05, 3.63) is 12.4 Å². The van der Waals surface area contributed by atoms with Gasteiger partial charge in [0.15, 0.2) is 0 Å². The maximum atomic E-state index is 13.3. The topological polar surface area (TPSA) is 119 Å². The zero-order valence-electron chi connectivity index (χ0n) is 13.4. The lowest BCUT2D eigenvalue weighted by Crippen LogP contribution is -2.61. The zero-order chi connectivity index (χ0) is 22.8. The number of hydrogen-bond donors (Lipinski definition) is 2. The van der Waals surface area contributed by atoms with Gasteiger partial charge in [-0.1, -0.05) is 6.58 Å². The summed E-state index contributed by atoms with van der Waals surface area (Å²) in [4.78, 5) is 22.5. The van der Waals surface area contributed by atoms with Gasteiger partial charge in [-0.15, -0.1) is 0 Å². The smallest absolute Gasteiger partial charge is 0.410 e. The highest BCUT2D eigenvalue weighted by molar-refractivity contribution is 7.87. The summed E-state index contributed by atoms with van der Waals surface area (Å²) in [6.45, 7) is 0.106. The Bertz CT molecular complexity index is 736. The molecule has 0 saturated carbocycles. The summed E-state index contributed by atoms with van der Waals surface area (Å²) < 4.78 is 141. The van der Waals surface area contributed by atoms with Gasteiger partial charge in [-0.3, -0.25) is 9.35 Å². The van der Waals surface area contributed by atoms with E-state index in [2.05, 4.69) is 16.1 Å². The van der Waals surface area contributed by atoms with Gasteiger partial charge >= 0.3 is 45.1 Å². The zero-order valence-corrected chi connectivity index (χ0v) is 14.3. The molecule has 0 radical (unpaired) electrons. The van der Waals surface area contributed by atoms with Crippen molar-refractivity contribution in [1.29, 1.82) is 0 Å². The third-order valence-electron chi connectivity index (χ3n) is 2.83. The molecule has 0 spiro atoms. The van der Waals surface area contributed by atoms with E-state index in [9.17, 15) is 53.1 Å². The first kappa shape index (κ1) is 26.0. The average molecular weight is 453 g/mol. The number of alkyl halides is 7. The van der Waals surface area contributed by atoms with E-state index in [0.29, 0.717) is 7.05 Å². The van der Waals surface area contributed by atoms with E-state index in [1.165, 1.54) is 5.32 Å². The molecule has 0 heterocycles. The van der Waals surface area contributed by atoms with Crippen LogP contribution in [0.1, 0.15) is 6.42 Å². The van der Waals surface area contributed by atoms with Gasteiger partial charge in [0, 0.05) is 13.5 Å². The molecule has 2 N–H and O–H groups in total. The van der Waals surface area contributed by atoms with E-state index < -0.39 is 64.0 Å². The van der Waals surface area contributed by atoms with E-state index in [1.54, 1.807) is 0 Å². The molecule has 0 aliphatic heterocycles. The Balaban J connectivity index is 5.85. The summed E-state index contributed by atoms with van der Waals surface area (Å²) in [5.41, 5.74) is 0. The molecular weight excluding hydrogens is 442 g/mol. The minimum atomic E-state index is -6.69. The number of esters is 1. The fourth-order valence-electron chi connectivity index (χ4n) is 1.42. The van der Waals surface area contributed by atoms with Crippen molar-refractivity contribution >= 4 is 22.0 Å². The number of halogens is 8. The highest BCUT2D eigenvalue weighted by atomic mass is 32.2. The number of hydrogen-bond acceptors (Lipinski definition) is 6. The maximum Gasteiger partial charge on any atom is 0.466 e. The van der Waals surface area contributed by atoms with Crippen molar-refractivity contribution in [2.45, 2.75) is 29.6 Å². The van der Waals surface area contributed by atoms with Gasteiger partial charge in [-0.25, -0.2) is 4.79 Å². The average Bonchev–Trinajstić information content (AvgIpc) is 2.50. The number of likely N-dealkylation sites (N-methyl/N-ethyl adjacent to an activating group) is 1. The molecule has 0 aliphatic carbocycles. The SMILES string of the molecule is C=C(F)C(=O)OC(OCCC(F)(F)C(F)(F)S(=O)(=O)O)(C(=O)NC)C(F)(F)F. The largest absolute Gasteiger partial charge is 0.466 e. The Hall–Kier alpha value is -2.01. The summed E-state index contributed by atoms with van der Waals surface area (Å²) in [6.07, 6.45) is -8.55. The number of carbonyl (C=O) groups is 2. The van der Waals surface area contributed by atoms with Gasteiger partial charge in [-0.2, -0.15) is 43.5 Å². The molecule has 1 atom stereocenters. The normalized spacial score (nSPS) is 15.5.